The molecule has 0 saturated carbocycles. The van der Waals surface area contributed by atoms with Crippen LogP contribution in [0, 0.1) is 12.8 Å². The van der Waals surface area contributed by atoms with Crippen molar-refractivity contribution in [3.05, 3.63) is 35.4 Å². The van der Waals surface area contributed by atoms with Crippen LogP contribution in [0.4, 0.5) is 4.79 Å². The van der Waals surface area contributed by atoms with Gasteiger partial charge in [0.15, 0.2) is 0 Å². The maximum absolute atomic E-state index is 12.8. The smallest absolute Gasteiger partial charge is 0.325 e. The Morgan fingerprint density at radius 3 is 2.81 bits per heavy atom. The first kappa shape index (κ1) is 14.1. The van der Waals surface area contributed by atoms with Gasteiger partial charge < -0.3 is 10.1 Å². The van der Waals surface area contributed by atoms with Gasteiger partial charge >= 0.3 is 6.03 Å². The minimum atomic E-state index is -0.970. The molecule has 0 radical (unpaired) electrons. The summed E-state index contributed by atoms with van der Waals surface area (Å²) in [7, 11) is 0. The minimum Gasteiger partial charge on any atom is -0.381 e. The number of ether oxygens (including phenoxy) is 1. The maximum Gasteiger partial charge on any atom is 0.325 e. The molecule has 112 valence electrons. The average molecular weight is 288 g/mol. The Kier molecular flexibility index (Phi) is 3.45. The topological polar surface area (TPSA) is 58.6 Å². The lowest BCUT2D eigenvalue weighted by Gasteiger charge is -2.24. The molecular weight excluding hydrogens is 268 g/mol. The van der Waals surface area contributed by atoms with Crippen molar-refractivity contribution in [2.24, 2.45) is 5.92 Å². The lowest BCUT2D eigenvalue weighted by molar-refractivity contribution is -0.131. The zero-order chi connectivity index (χ0) is 15.0. The van der Waals surface area contributed by atoms with Gasteiger partial charge in [-0.3, -0.25) is 9.69 Å². The van der Waals surface area contributed by atoms with Crippen LogP contribution in [-0.2, 0) is 15.1 Å². The Morgan fingerprint density at radius 2 is 2.14 bits per heavy atom. The summed E-state index contributed by atoms with van der Waals surface area (Å²) >= 11 is 0. The Balaban J connectivity index is 1.87. The van der Waals surface area contributed by atoms with E-state index in [4.69, 9.17) is 4.74 Å². The molecular formula is C16H20N2O3. The minimum absolute atomic E-state index is 0.172. The van der Waals surface area contributed by atoms with Crippen LogP contribution in [-0.4, -0.2) is 36.6 Å². The lowest BCUT2D eigenvalue weighted by atomic mass is 9.88. The van der Waals surface area contributed by atoms with Crippen molar-refractivity contribution in [2.45, 2.75) is 25.8 Å². The molecule has 0 aromatic heterocycles. The molecule has 1 aromatic rings. The molecule has 1 N–H and O–H groups in total. The van der Waals surface area contributed by atoms with Gasteiger partial charge in [0.2, 0.25) is 0 Å². The molecule has 21 heavy (non-hydrogen) atoms. The molecule has 2 heterocycles. The molecule has 5 nitrogen and oxygen atoms in total. The number of nitrogens with zero attached hydrogens (tertiary/aromatic N) is 1. The van der Waals surface area contributed by atoms with Crippen molar-refractivity contribution in [1.82, 2.24) is 10.2 Å². The van der Waals surface area contributed by atoms with Crippen molar-refractivity contribution in [1.29, 1.82) is 0 Å². The van der Waals surface area contributed by atoms with E-state index in [1.165, 1.54) is 4.90 Å². The molecule has 2 aliphatic heterocycles. The van der Waals surface area contributed by atoms with Crippen molar-refractivity contribution in [3.8, 4) is 0 Å². The highest BCUT2D eigenvalue weighted by Crippen LogP contribution is 2.31. The SMILES string of the molecule is Cc1ccccc1[C@@]1(C)NC(=O)N(C[C@@H]2CCOC2)C1=O. The van der Waals surface area contributed by atoms with E-state index in [0.29, 0.717) is 19.8 Å². The quantitative estimate of drug-likeness (QED) is 0.863. The number of carbonyl (C=O) groups is 2. The normalized spacial score (nSPS) is 29.0. The third kappa shape index (κ3) is 2.31. The fourth-order valence-corrected chi connectivity index (χ4v) is 3.16. The third-order valence-corrected chi connectivity index (χ3v) is 4.42. The molecule has 2 fully saturated rings. The zero-order valence-electron chi connectivity index (χ0n) is 12.4. The van der Waals surface area contributed by atoms with Crippen LogP contribution in [0.25, 0.3) is 0 Å². The van der Waals surface area contributed by atoms with Gasteiger partial charge in [-0.25, -0.2) is 4.79 Å². The largest absolute Gasteiger partial charge is 0.381 e. The molecule has 0 aliphatic carbocycles. The fraction of sp³-hybridized carbons (Fsp3) is 0.500. The van der Waals surface area contributed by atoms with Crippen LogP contribution in [0.5, 0.6) is 0 Å². The summed E-state index contributed by atoms with van der Waals surface area (Å²) < 4.78 is 5.32. The third-order valence-electron chi connectivity index (χ3n) is 4.42. The monoisotopic (exact) mass is 288 g/mol. The molecule has 3 rings (SSSR count). The highest BCUT2D eigenvalue weighted by molar-refractivity contribution is 6.07. The molecule has 2 aliphatic rings. The maximum atomic E-state index is 12.8. The summed E-state index contributed by atoms with van der Waals surface area (Å²) in [6, 6.07) is 7.36. The van der Waals surface area contributed by atoms with Gasteiger partial charge in [-0.15, -0.1) is 0 Å². The van der Waals surface area contributed by atoms with Crippen molar-refractivity contribution in [3.63, 3.8) is 0 Å². The van der Waals surface area contributed by atoms with E-state index in [1.807, 2.05) is 31.2 Å². The molecule has 2 saturated heterocycles. The Hall–Kier alpha value is -1.88. The summed E-state index contributed by atoms with van der Waals surface area (Å²) in [5.74, 6) is 0.0765. The summed E-state index contributed by atoms with van der Waals surface area (Å²) in [5.41, 5.74) is 0.884. The lowest BCUT2D eigenvalue weighted by Crippen LogP contribution is -2.42. The van der Waals surface area contributed by atoms with Crippen molar-refractivity contribution >= 4 is 11.9 Å². The van der Waals surface area contributed by atoms with Crippen LogP contribution in [0.2, 0.25) is 0 Å². The molecule has 3 amide bonds. The predicted octanol–water partition coefficient (Wildman–Crippen LogP) is 1.80. The van der Waals surface area contributed by atoms with Crippen LogP contribution >= 0.6 is 0 Å². The second kappa shape index (κ2) is 5.15. The summed E-state index contributed by atoms with van der Waals surface area (Å²) in [6.07, 6.45) is 0.901. The van der Waals surface area contributed by atoms with Gasteiger partial charge in [0.25, 0.3) is 5.91 Å². The number of rotatable bonds is 3. The van der Waals surface area contributed by atoms with Gasteiger partial charge in [0.1, 0.15) is 5.54 Å². The first-order chi connectivity index (χ1) is 10.0. The Labute approximate surface area is 124 Å². The number of aryl methyl sites for hydroxylation is 1. The Bertz CT molecular complexity index is 581. The van der Waals surface area contributed by atoms with E-state index in [9.17, 15) is 9.59 Å². The van der Waals surface area contributed by atoms with Gasteiger partial charge in [0, 0.05) is 19.1 Å². The van der Waals surface area contributed by atoms with Gasteiger partial charge in [-0.1, -0.05) is 24.3 Å². The highest BCUT2D eigenvalue weighted by Gasteiger charge is 2.49. The van der Waals surface area contributed by atoms with Gasteiger partial charge in [-0.05, 0) is 31.4 Å². The standard InChI is InChI=1S/C16H20N2O3/c1-11-5-3-4-6-13(11)16(2)14(19)18(15(20)17-16)9-12-7-8-21-10-12/h3-6,12H,7-10H2,1-2H3,(H,17,20)/t12-,16+/m0/s1. The number of urea groups is 1. The summed E-state index contributed by atoms with van der Waals surface area (Å²) in [6.45, 7) is 5.50. The van der Waals surface area contributed by atoms with E-state index in [2.05, 4.69) is 5.32 Å². The molecule has 2 atom stereocenters. The number of carbonyl (C=O) groups excluding carboxylic acids is 2. The summed E-state index contributed by atoms with van der Waals surface area (Å²) in [4.78, 5) is 26.3. The average Bonchev–Trinajstić information content (AvgIpc) is 3.03. The summed E-state index contributed by atoms with van der Waals surface area (Å²) in [5, 5.41) is 2.86. The molecule has 0 unspecified atom stereocenters. The zero-order valence-corrected chi connectivity index (χ0v) is 12.4. The van der Waals surface area contributed by atoms with Gasteiger partial charge in [0.05, 0.1) is 6.61 Å². The van der Waals surface area contributed by atoms with Gasteiger partial charge in [-0.2, -0.15) is 0 Å². The van der Waals surface area contributed by atoms with E-state index in [0.717, 1.165) is 17.5 Å². The van der Waals surface area contributed by atoms with E-state index in [1.54, 1.807) is 6.92 Å². The predicted molar refractivity (Wildman–Crippen MR) is 77.7 cm³/mol. The number of benzene rings is 1. The second-order valence-corrected chi connectivity index (χ2v) is 6.02. The fourth-order valence-electron chi connectivity index (χ4n) is 3.16. The number of hydrogen-bond acceptors (Lipinski definition) is 3. The molecule has 1 aromatic carbocycles. The van der Waals surface area contributed by atoms with Crippen molar-refractivity contribution in [2.75, 3.05) is 19.8 Å². The molecule has 0 bridgehead atoms. The number of imide groups is 1. The van der Waals surface area contributed by atoms with Crippen molar-refractivity contribution < 1.29 is 14.3 Å². The van der Waals surface area contributed by atoms with Crippen LogP contribution in [0.3, 0.4) is 0 Å². The first-order valence-corrected chi connectivity index (χ1v) is 7.30. The Morgan fingerprint density at radius 1 is 1.38 bits per heavy atom. The number of hydrogen-bond donors (Lipinski definition) is 1. The second-order valence-electron chi connectivity index (χ2n) is 6.02. The van der Waals surface area contributed by atoms with Crippen LogP contribution in [0.15, 0.2) is 24.3 Å². The van der Waals surface area contributed by atoms with Crippen LogP contribution in [0.1, 0.15) is 24.5 Å². The number of amides is 3. The first-order valence-electron chi connectivity index (χ1n) is 7.30. The van der Waals surface area contributed by atoms with E-state index in [-0.39, 0.29) is 17.9 Å². The molecule has 5 heteroatoms. The highest BCUT2D eigenvalue weighted by atomic mass is 16.5. The van der Waals surface area contributed by atoms with E-state index < -0.39 is 5.54 Å². The van der Waals surface area contributed by atoms with Crippen LogP contribution < -0.4 is 5.32 Å². The van der Waals surface area contributed by atoms with E-state index >= 15 is 0 Å². The number of nitrogens with one attached hydrogen (secondary N) is 1. The molecule has 0 spiro atoms.